The molecule has 0 atom stereocenters. The van der Waals surface area contributed by atoms with Gasteiger partial charge < -0.3 is 4.74 Å². The average Bonchev–Trinajstić information content (AvgIpc) is 2.44. The summed E-state index contributed by atoms with van der Waals surface area (Å²) < 4.78 is 57.9. The van der Waals surface area contributed by atoms with Crippen molar-refractivity contribution in [1.82, 2.24) is 9.97 Å². The van der Waals surface area contributed by atoms with Crippen LogP contribution in [0.1, 0.15) is 26.5 Å². The van der Waals surface area contributed by atoms with E-state index in [-0.39, 0.29) is 11.3 Å². The normalized spacial score (nSPS) is 12.0. The maximum Gasteiger partial charge on any atom is 0.435 e. The highest BCUT2D eigenvalue weighted by molar-refractivity contribution is 5.86. The van der Waals surface area contributed by atoms with Gasteiger partial charge in [-0.05, 0) is 39.0 Å². The molecular formula is C16H15F4N3O2. The lowest BCUT2D eigenvalue weighted by atomic mass is 10.1. The van der Waals surface area contributed by atoms with Crippen LogP contribution in [0.25, 0.3) is 11.3 Å². The van der Waals surface area contributed by atoms with E-state index in [1.165, 1.54) is 12.3 Å². The fraction of sp³-hybridized carbons (Fsp3) is 0.312. The van der Waals surface area contributed by atoms with Gasteiger partial charge in [-0.25, -0.2) is 14.2 Å². The Morgan fingerprint density at radius 2 is 1.84 bits per heavy atom. The second-order valence-corrected chi connectivity index (χ2v) is 6.11. The van der Waals surface area contributed by atoms with Gasteiger partial charge in [-0.15, -0.1) is 0 Å². The first-order valence-corrected chi connectivity index (χ1v) is 7.15. The van der Waals surface area contributed by atoms with Crippen LogP contribution in [-0.2, 0) is 10.9 Å². The molecule has 0 saturated carbocycles. The van der Waals surface area contributed by atoms with Crippen molar-refractivity contribution in [2.24, 2.45) is 0 Å². The van der Waals surface area contributed by atoms with Crippen LogP contribution in [0.5, 0.6) is 0 Å². The summed E-state index contributed by atoms with van der Waals surface area (Å²) in [5, 5.41) is 2.03. The number of carbonyl (C=O) groups excluding carboxylic acids is 1. The third kappa shape index (κ3) is 5.13. The number of aromatic nitrogens is 2. The monoisotopic (exact) mass is 357 g/mol. The van der Waals surface area contributed by atoms with Crippen molar-refractivity contribution in [3.05, 3.63) is 42.1 Å². The van der Waals surface area contributed by atoms with Gasteiger partial charge in [0.05, 0.1) is 17.6 Å². The van der Waals surface area contributed by atoms with E-state index < -0.39 is 35.1 Å². The van der Waals surface area contributed by atoms with Crippen molar-refractivity contribution in [3.8, 4) is 11.3 Å². The van der Waals surface area contributed by atoms with Gasteiger partial charge in [0.1, 0.15) is 11.4 Å². The average molecular weight is 357 g/mol. The van der Waals surface area contributed by atoms with Gasteiger partial charge >= 0.3 is 12.3 Å². The van der Waals surface area contributed by atoms with E-state index in [1.807, 2.05) is 5.32 Å². The summed E-state index contributed by atoms with van der Waals surface area (Å²) in [6.07, 6.45) is -3.76. The first-order valence-electron chi connectivity index (χ1n) is 7.15. The zero-order valence-electron chi connectivity index (χ0n) is 13.6. The fourth-order valence-corrected chi connectivity index (χ4v) is 1.90. The molecule has 25 heavy (non-hydrogen) atoms. The number of ether oxygens (including phenoxy) is 1. The molecule has 0 aliphatic carbocycles. The van der Waals surface area contributed by atoms with Crippen LogP contribution in [-0.4, -0.2) is 21.7 Å². The molecule has 0 aromatic carbocycles. The van der Waals surface area contributed by atoms with E-state index in [1.54, 1.807) is 20.8 Å². The van der Waals surface area contributed by atoms with E-state index >= 15 is 0 Å². The second kappa shape index (κ2) is 6.66. The number of pyridine rings is 2. The molecule has 0 saturated heterocycles. The lowest BCUT2D eigenvalue weighted by Crippen LogP contribution is -2.28. The third-order valence-corrected chi connectivity index (χ3v) is 2.80. The molecule has 134 valence electrons. The van der Waals surface area contributed by atoms with Crippen LogP contribution in [0.4, 0.5) is 28.0 Å². The van der Waals surface area contributed by atoms with E-state index in [0.29, 0.717) is 0 Å². The summed E-state index contributed by atoms with van der Waals surface area (Å²) >= 11 is 0. The van der Waals surface area contributed by atoms with Gasteiger partial charge in [0, 0.05) is 11.8 Å². The molecular weight excluding hydrogens is 342 g/mol. The van der Waals surface area contributed by atoms with Crippen molar-refractivity contribution >= 4 is 11.8 Å². The summed E-state index contributed by atoms with van der Waals surface area (Å²) in [5.41, 5.74) is -2.80. The fourth-order valence-electron chi connectivity index (χ4n) is 1.90. The molecule has 2 aromatic heterocycles. The number of hydrogen-bond donors (Lipinski definition) is 1. The number of anilines is 1. The Morgan fingerprint density at radius 3 is 2.40 bits per heavy atom. The Kier molecular flexibility index (Phi) is 4.96. The predicted octanol–water partition coefficient (Wildman–Crippen LogP) is 4.65. The highest BCUT2D eigenvalue weighted by Gasteiger charge is 2.37. The largest absolute Gasteiger partial charge is 0.444 e. The smallest absolute Gasteiger partial charge is 0.435 e. The molecule has 0 unspecified atom stereocenters. The molecule has 2 heterocycles. The minimum Gasteiger partial charge on any atom is -0.444 e. The minimum absolute atomic E-state index is 0.0781. The van der Waals surface area contributed by atoms with Crippen LogP contribution in [0, 0.1) is 5.82 Å². The highest BCUT2D eigenvalue weighted by atomic mass is 19.4. The zero-order valence-corrected chi connectivity index (χ0v) is 13.6. The Hall–Kier alpha value is -2.71. The molecule has 1 N–H and O–H groups in total. The number of nitrogens with zero attached hydrogens (tertiary/aromatic N) is 2. The Labute approximate surface area is 141 Å². The summed E-state index contributed by atoms with van der Waals surface area (Å²) in [6.45, 7) is 4.74. The molecule has 0 bridgehead atoms. The standard InChI is InChI=1S/C16H15F4N3O2/c1-15(2,3)25-14(24)23-12-5-4-11(22-13(12)16(18,19)20)9-6-10(17)8-21-7-9/h4-8H,1-3H3,(H,23,24). The molecule has 0 fully saturated rings. The van der Waals surface area contributed by atoms with E-state index in [0.717, 1.165) is 18.3 Å². The SMILES string of the molecule is CC(C)(C)OC(=O)Nc1ccc(-c2cncc(F)c2)nc1C(F)(F)F. The number of amides is 1. The maximum absolute atomic E-state index is 13.3. The van der Waals surface area contributed by atoms with Crippen LogP contribution < -0.4 is 5.32 Å². The summed E-state index contributed by atoms with van der Waals surface area (Å²) in [4.78, 5) is 18.8. The number of halogens is 4. The van der Waals surface area contributed by atoms with Gasteiger partial charge in [-0.3, -0.25) is 10.3 Å². The number of alkyl halides is 3. The predicted molar refractivity (Wildman–Crippen MR) is 82.3 cm³/mol. The van der Waals surface area contributed by atoms with Crippen LogP contribution in [0.3, 0.4) is 0 Å². The molecule has 1 amide bonds. The lowest BCUT2D eigenvalue weighted by molar-refractivity contribution is -0.140. The van der Waals surface area contributed by atoms with Gasteiger partial charge in [0.25, 0.3) is 0 Å². The van der Waals surface area contributed by atoms with Gasteiger partial charge in [0.2, 0.25) is 0 Å². The number of hydrogen-bond acceptors (Lipinski definition) is 4. The van der Waals surface area contributed by atoms with Crippen molar-refractivity contribution in [2.45, 2.75) is 32.5 Å². The van der Waals surface area contributed by atoms with Gasteiger partial charge in [-0.1, -0.05) is 0 Å². The molecule has 0 radical (unpaired) electrons. The zero-order chi connectivity index (χ0) is 18.8. The van der Waals surface area contributed by atoms with Crippen LogP contribution >= 0.6 is 0 Å². The molecule has 0 spiro atoms. The van der Waals surface area contributed by atoms with E-state index in [9.17, 15) is 22.4 Å². The molecule has 0 aliphatic rings. The van der Waals surface area contributed by atoms with Crippen LogP contribution in [0.2, 0.25) is 0 Å². The molecule has 2 aromatic rings. The van der Waals surface area contributed by atoms with E-state index in [2.05, 4.69) is 9.97 Å². The molecule has 5 nitrogen and oxygen atoms in total. The topological polar surface area (TPSA) is 64.1 Å². The van der Waals surface area contributed by atoms with Crippen molar-refractivity contribution in [2.75, 3.05) is 5.32 Å². The molecule has 0 aliphatic heterocycles. The van der Waals surface area contributed by atoms with Crippen LogP contribution in [0.15, 0.2) is 30.6 Å². The summed E-state index contributed by atoms with van der Waals surface area (Å²) in [7, 11) is 0. The highest BCUT2D eigenvalue weighted by Crippen LogP contribution is 2.35. The van der Waals surface area contributed by atoms with Gasteiger partial charge in [-0.2, -0.15) is 13.2 Å². The van der Waals surface area contributed by atoms with Crippen molar-refractivity contribution in [3.63, 3.8) is 0 Å². The maximum atomic E-state index is 13.3. The third-order valence-electron chi connectivity index (χ3n) is 2.80. The Bertz CT molecular complexity index is 786. The quantitative estimate of drug-likeness (QED) is 0.795. The van der Waals surface area contributed by atoms with E-state index in [4.69, 9.17) is 4.74 Å². The van der Waals surface area contributed by atoms with Crippen molar-refractivity contribution in [1.29, 1.82) is 0 Å². The van der Waals surface area contributed by atoms with Gasteiger partial charge in [0.15, 0.2) is 5.69 Å². The first-order chi connectivity index (χ1) is 11.5. The first kappa shape index (κ1) is 18.6. The number of carbonyl (C=O) groups is 1. The minimum atomic E-state index is -4.83. The Morgan fingerprint density at radius 1 is 1.16 bits per heavy atom. The molecule has 2 rings (SSSR count). The number of nitrogens with one attached hydrogen (secondary N) is 1. The summed E-state index contributed by atoms with van der Waals surface area (Å²) in [6, 6.07) is 3.26. The Balaban J connectivity index is 2.40. The summed E-state index contributed by atoms with van der Waals surface area (Å²) in [5.74, 6) is -0.705. The molecule has 9 heteroatoms. The van der Waals surface area contributed by atoms with Crippen molar-refractivity contribution < 1.29 is 27.1 Å². The number of rotatable bonds is 2. The second-order valence-electron chi connectivity index (χ2n) is 6.11. The lowest BCUT2D eigenvalue weighted by Gasteiger charge is -2.20.